The first-order valence-electron chi connectivity index (χ1n) is 9.21. The molecule has 0 fully saturated rings. The van der Waals surface area contributed by atoms with Gasteiger partial charge in [-0.05, 0) is 38.0 Å². The highest BCUT2D eigenvalue weighted by molar-refractivity contribution is 5.46. The molecule has 7 heteroatoms. The Morgan fingerprint density at radius 3 is 1.83 bits per heavy atom. The van der Waals surface area contributed by atoms with Crippen LogP contribution < -0.4 is 15.6 Å². The zero-order valence-corrected chi connectivity index (χ0v) is 16.4. The second-order valence-corrected chi connectivity index (χ2v) is 6.72. The van der Waals surface area contributed by atoms with E-state index in [1.165, 1.54) is 0 Å². The lowest BCUT2D eigenvalue weighted by molar-refractivity contribution is 0.317. The zero-order valence-electron chi connectivity index (χ0n) is 16.4. The van der Waals surface area contributed by atoms with Gasteiger partial charge in [0.05, 0.1) is 6.61 Å². The molecule has 2 N–H and O–H groups in total. The molecule has 0 saturated heterocycles. The van der Waals surface area contributed by atoms with Gasteiger partial charge in [0, 0.05) is 12.1 Å². The molecule has 152 valence electrons. The minimum Gasteiger partial charge on any atom is -0.502 e. The average Bonchev–Trinajstić information content (AvgIpc) is 2.68. The molecule has 0 atom stereocenters. The van der Waals surface area contributed by atoms with Crippen LogP contribution in [0.5, 0.6) is 17.2 Å². The lowest BCUT2D eigenvalue weighted by Gasteiger charge is -2.19. The summed E-state index contributed by atoms with van der Waals surface area (Å²) in [5.41, 5.74) is -0.737. The fraction of sp³-hybridized carbons (Fsp3) is 0.273. The van der Waals surface area contributed by atoms with Crippen LogP contribution in [0.2, 0.25) is 0 Å². The van der Waals surface area contributed by atoms with Crippen molar-refractivity contribution in [2.45, 2.75) is 33.1 Å². The number of aromatic hydroxyl groups is 2. The van der Waals surface area contributed by atoms with Crippen LogP contribution in [0.3, 0.4) is 0 Å². The third-order valence-electron chi connectivity index (χ3n) is 4.35. The summed E-state index contributed by atoms with van der Waals surface area (Å²) in [7, 11) is 0. The molecule has 1 aromatic carbocycles. The minimum absolute atomic E-state index is 0.124. The number of hydrogen-bond acceptors (Lipinski definition) is 7. The van der Waals surface area contributed by atoms with Crippen LogP contribution in [-0.4, -0.2) is 16.8 Å². The summed E-state index contributed by atoms with van der Waals surface area (Å²) in [6, 6.07) is 9.13. The molecule has 0 aliphatic carbocycles. The highest BCUT2D eigenvalue weighted by atomic mass is 16.5. The standard InChI is InChI=1S/C22H22O7/c1-4-9-27-15-7-5-14(6-8-15)18(21-19(25)16(23)10-12(2)28-21)22-20(26)17(24)11-13(3)29-22/h5-8,10-11,18,25-26H,4,9H2,1-3H3. The molecule has 0 aliphatic heterocycles. The fourth-order valence-corrected chi connectivity index (χ4v) is 3.04. The van der Waals surface area contributed by atoms with Crippen LogP contribution >= 0.6 is 0 Å². The summed E-state index contributed by atoms with van der Waals surface area (Å²) in [5, 5.41) is 20.8. The highest BCUT2D eigenvalue weighted by Crippen LogP contribution is 2.39. The molecule has 3 aromatic rings. The minimum atomic E-state index is -1.02. The second-order valence-electron chi connectivity index (χ2n) is 6.72. The van der Waals surface area contributed by atoms with Crippen molar-refractivity contribution in [3.8, 4) is 17.2 Å². The van der Waals surface area contributed by atoms with Gasteiger partial charge >= 0.3 is 0 Å². The van der Waals surface area contributed by atoms with Crippen molar-refractivity contribution >= 4 is 0 Å². The summed E-state index contributed by atoms with van der Waals surface area (Å²) in [6.07, 6.45) is 0.856. The Labute approximate surface area is 166 Å². The van der Waals surface area contributed by atoms with Crippen LogP contribution in [0.25, 0.3) is 0 Å². The molecular weight excluding hydrogens is 376 g/mol. The SMILES string of the molecule is CCCOc1ccc(C(c2oc(C)cc(=O)c2O)c2oc(C)cc(=O)c2O)cc1. The second kappa shape index (κ2) is 8.26. The third-order valence-corrected chi connectivity index (χ3v) is 4.35. The highest BCUT2D eigenvalue weighted by Gasteiger charge is 2.31. The van der Waals surface area contributed by atoms with Crippen molar-refractivity contribution in [3.63, 3.8) is 0 Å². The van der Waals surface area contributed by atoms with E-state index in [1.807, 2.05) is 6.92 Å². The predicted molar refractivity (Wildman–Crippen MR) is 106 cm³/mol. The molecule has 0 amide bonds. The lowest BCUT2D eigenvalue weighted by Crippen LogP contribution is -2.13. The van der Waals surface area contributed by atoms with E-state index < -0.39 is 28.3 Å². The Bertz CT molecular complexity index is 1060. The molecule has 0 radical (unpaired) electrons. The normalized spacial score (nSPS) is 11.0. The largest absolute Gasteiger partial charge is 0.502 e. The lowest BCUT2D eigenvalue weighted by atomic mass is 9.91. The Morgan fingerprint density at radius 1 is 0.897 bits per heavy atom. The molecule has 0 unspecified atom stereocenters. The van der Waals surface area contributed by atoms with Gasteiger partial charge in [-0.1, -0.05) is 19.1 Å². The molecule has 2 heterocycles. The van der Waals surface area contributed by atoms with E-state index in [9.17, 15) is 19.8 Å². The van der Waals surface area contributed by atoms with Crippen molar-refractivity contribution < 1.29 is 23.8 Å². The summed E-state index contributed by atoms with van der Waals surface area (Å²) < 4.78 is 16.9. The third kappa shape index (κ3) is 4.18. The maximum Gasteiger partial charge on any atom is 0.227 e. The first-order valence-corrected chi connectivity index (χ1v) is 9.21. The van der Waals surface area contributed by atoms with Gasteiger partial charge in [-0.3, -0.25) is 9.59 Å². The van der Waals surface area contributed by atoms with E-state index in [2.05, 4.69) is 0 Å². The van der Waals surface area contributed by atoms with Gasteiger partial charge < -0.3 is 23.8 Å². The van der Waals surface area contributed by atoms with Crippen molar-refractivity contribution in [2.75, 3.05) is 6.61 Å². The van der Waals surface area contributed by atoms with Crippen LogP contribution in [-0.2, 0) is 0 Å². The van der Waals surface area contributed by atoms with E-state index in [1.54, 1.807) is 38.1 Å². The Morgan fingerprint density at radius 2 is 1.38 bits per heavy atom. The van der Waals surface area contributed by atoms with Crippen molar-refractivity contribution in [2.24, 2.45) is 0 Å². The van der Waals surface area contributed by atoms with Gasteiger partial charge in [0.15, 0.2) is 11.5 Å². The first kappa shape index (κ1) is 20.3. The van der Waals surface area contributed by atoms with Crippen LogP contribution in [0.4, 0.5) is 0 Å². The number of ether oxygens (including phenoxy) is 1. The Kier molecular flexibility index (Phi) is 5.77. The van der Waals surface area contributed by atoms with Gasteiger partial charge in [-0.15, -0.1) is 0 Å². The van der Waals surface area contributed by atoms with E-state index in [4.69, 9.17) is 13.6 Å². The van der Waals surface area contributed by atoms with E-state index in [0.29, 0.717) is 17.9 Å². The van der Waals surface area contributed by atoms with Gasteiger partial charge in [0.1, 0.15) is 23.2 Å². The topological polar surface area (TPSA) is 110 Å². The summed E-state index contributed by atoms with van der Waals surface area (Å²) >= 11 is 0. The monoisotopic (exact) mass is 398 g/mol. The molecule has 0 saturated carbocycles. The summed E-state index contributed by atoms with van der Waals surface area (Å²) in [5.74, 6) is -1.32. The molecule has 2 aromatic heterocycles. The van der Waals surface area contributed by atoms with Gasteiger partial charge in [-0.25, -0.2) is 0 Å². The molecule has 3 rings (SSSR count). The average molecular weight is 398 g/mol. The Hall–Kier alpha value is -3.48. The molecule has 0 aliphatic rings. The number of rotatable bonds is 6. The van der Waals surface area contributed by atoms with Gasteiger partial charge in [-0.2, -0.15) is 0 Å². The van der Waals surface area contributed by atoms with E-state index >= 15 is 0 Å². The number of benzene rings is 1. The number of aryl methyl sites for hydroxylation is 2. The van der Waals surface area contributed by atoms with Crippen LogP contribution in [0, 0.1) is 13.8 Å². The fourth-order valence-electron chi connectivity index (χ4n) is 3.04. The van der Waals surface area contributed by atoms with Crippen molar-refractivity contribution in [1.82, 2.24) is 0 Å². The van der Waals surface area contributed by atoms with Crippen LogP contribution in [0.1, 0.15) is 47.9 Å². The van der Waals surface area contributed by atoms with Crippen molar-refractivity contribution in [1.29, 1.82) is 0 Å². The summed E-state index contributed by atoms with van der Waals surface area (Å²) in [4.78, 5) is 24.3. The number of hydrogen-bond donors (Lipinski definition) is 2. The van der Waals surface area contributed by atoms with Crippen LogP contribution in [0.15, 0.2) is 54.8 Å². The van der Waals surface area contributed by atoms with Gasteiger partial charge in [0.25, 0.3) is 0 Å². The molecule has 0 bridgehead atoms. The predicted octanol–water partition coefficient (Wildman–Crippen LogP) is 3.59. The smallest absolute Gasteiger partial charge is 0.227 e. The molecule has 0 spiro atoms. The molecule has 7 nitrogen and oxygen atoms in total. The maximum atomic E-state index is 12.1. The van der Waals surface area contributed by atoms with E-state index in [-0.39, 0.29) is 23.0 Å². The molecular formula is C22H22O7. The Balaban J connectivity index is 2.24. The quantitative estimate of drug-likeness (QED) is 0.653. The van der Waals surface area contributed by atoms with Crippen molar-refractivity contribution in [3.05, 3.63) is 85.4 Å². The van der Waals surface area contributed by atoms with E-state index in [0.717, 1.165) is 18.6 Å². The maximum absolute atomic E-state index is 12.1. The molecule has 29 heavy (non-hydrogen) atoms. The first-order chi connectivity index (χ1) is 13.8. The zero-order chi connectivity index (χ0) is 21.1. The van der Waals surface area contributed by atoms with Gasteiger partial charge in [0.2, 0.25) is 22.4 Å². The summed E-state index contributed by atoms with van der Waals surface area (Å²) in [6.45, 7) is 5.68.